The van der Waals surface area contributed by atoms with Crippen molar-refractivity contribution in [3.63, 3.8) is 0 Å². The number of carbonyl (C=O) groups excluding carboxylic acids is 1. The Balaban J connectivity index is 1.33. The predicted molar refractivity (Wildman–Crippen MR) is 112 cm³/mol. The molecule has 2 aliphatic rings. The molecule has 156 valence electrons. The van der Waals surface area contributed by atoms with E-state index in [0.717, 1.165) is 56.3 Å². The first-order chi connectivity index (χ1) is 14.2. The van der Waals surface area contributed by atoms with Gasteiger partial charge in [-0.05, 0) is 44.1 Å². The normalized spacial score (nSPS) is 21.0. The molecule has 1 unspecified atom stereocenters. The van der Waals surface area contributed by atoms with Gasteiger partial charge in [0.05, 0.1) is 0 Å². The number of benzene rings is 1. The minimum absolute atomic E-state index is 0.104. The molecule has 2 aromatic rings. The molecule has 1 saturated heterocycles. The third-order valence-electron chi connectivity index (χ3n) is 6.31. The number of nitrogens with zero attached hydrogens (tertiary/aromatic N) is 3. The molecule has 1 N–H and O–H groups in total. The number of urea groups is 1. The highest BCUT2D eigenvalue weighted by Crippen LogP contribution is 2.24. The fourth-order valence-corrected chi connectivity index (χ4v) is 4.62. The molecule has 6 nitrogen and oxygen atoms in total. The Labute approximate surface area is 173 Å². The van der Waals surface area contributed by atoms with Gasteiger partial charge < -0.3 is 14.7 Å². The van der Waals surface area contributed by atoms with Gasteiger partial charge in [-0.15, -0.1) is 0 Å². The third-order valence-corrected chi connectivity index (χ3v) is 6.31. The van der Waals surface area contributed by atoms with Gasteiger partial charge in [0.25, 0.3) is 0 Å². The molecule has 0 spiro atoms. The van der Waals surface area contributed by atoms with E-state index >= 15 is 0 Å². The van der Waals surface area contributed by atoms with Crippen LogP contribution in [0.25, 0.3) is 11.4 Å². The average molecular weight is 397 g/mol. The lowest BCUT2D eigenvalue weighted by atomic mass is 9.95. The average Bonchev–Trinajstić information content (AvgIpc) is 3.03. The molecule has 1 aliphatic heterocycles. The topological polar surface area (TPSA) is 71.3 Å². The molecule has 4 rings (SSSR count). The Morgan fingerprint density at radius 2 is 1.93 bits per heavy atom. The van der Waals surface area contributed by atoms with E-state index in [1.54, 1.807) is 0 Å². The summed E-state index contributed by atoms with van der Waals surface area (Å²) in [6.45, 7) is 3.66. The maximum atomic E-state index is 12.8. The van der Waals surface area contributed by atoms with Crippen molar-refractivity contribution in [2.75, 3.05) is 13.1 Å². The summed E-state index contributed by atoms with van der Waals surface area (Å²) >= 11 is 0. The lowest BCUT2D eigenvalue weighted by Crippen LogP contribution is -2.48. The van der Waals surface area contributed by atoms with Crippen LogP contribution in [0.3, 0.4) is 0 Å². The van der Waals surface area contributed by atoms with Gasteiger partial charge in [-0.3, -0.25) is 0 Å². The summed E-state index contributed by atoms with van der Waals surface area (Å²) in [7, 11) is 0. The van der Waals surface area contributed by atoms with Gasteiger partial charge >= 0.3 is 6.03 Å². The largest absolute Gasteiger partial charge is 0.339 e. The zero-order valence-corrected chi connectivity index (χ0v) is 17.4. The van der Waals surface area contributed by atoms with Gasteiger partial charge in [0.2, 0.25) is 11.7 Å². The quantitative estimate of drug-likeness (QED) is 0.758. The molecular weight excluding hydrogens is 364 g/mol. The van der Waals surface area contributed by atoms with Crippen LogP contribution in [0.2, 0.25) is 0 Å². The number of likely N-dealkylation sites (tertiary alicyclic amines) is 1. The van der Waals surface area contributed by atoms with E-state index in [4.69, 9.17) is 4.52 Å². The second kappa shape index (κ2) is 9.42. The summed E-state index contributed by atoms with van der Waals surface area (Å²) in [5, 5.41) is 7.45. The molecule has 1 aliphatic carbocycles. The van der Waals surface area contributed by atoms with E-state index in [1.165, 1.54) is 25.7 Å². The maximum absolute atomic E-state index is 12.8. The molecule has 2 amide bonds. The van der Waals surface area contributed by atoms with E-state index < -0.39 is 0 Å². The molecule has 1 aromatic carbocycles. The fourth-order valence-electron chi connectivity index (χ4n) is 4.62. The predicted octanol–water partition coefficient (Wildman–Crippen LogP) is 4.73. The highest BCUT2D eigenvalue weighted by Gasteiger charge is 2.27. The first-order valence-electron chi connectivity index (χ1n) is 11.1. The Morgan fingerprint density at radius 1 is 1.14 bits per heavy atom. The van der Waals surface area contributed by atoms with Crippen molar-refractivity contribution in [3.8, 4) is 11.4 Å². The highest BCUT2D eigenvalue weighted by atomic mass is 16.5. The smallest absolute Gasteiger partial charge is 0.317 e. The van der Waals surface area contributed by atoms with E-state index in [0.29, 0.717) is 23.7 Å². The first-order valence-corrected chi connectivity index (χ1v) is 11.1. The molecule has 0 bridgehead atoms. The minimum Gasteiger partial charge on any atom is -0.339 e. The monoisotopic (exact) mass is 396 g/mol. The summed E-state index contributed by atoms with van der Waals surface area (Å²) < 4.78 is 5.53. The van der Waals surface area contributed by atoms with Crippen LogP contribution in [0.1, 0.15) is 62.8 Å². The van der Waals surface area contributed by atoms with Gasteiger partial charge in [0, 0.05) is 31.1 Å². The van der Waals surface area contributed by atoms with Gasteiger partial charge in [-0.25, -0.2) is 4.79 Å². The van der Waals surface area contributed by atoms with Crippen molar-refractivity contribution >= 4 is 6.03 Å². The number of rotatable bonds is 4. The van der Waals surface area contributed by atoms with Crippen molar-refractivity contribution in [2.24, 2.45) is 5.92 Å². The van der Waals surface area contributed by atoms with E-state index in [1.807, 2.05) is 23.1 Å². The first kappa shape index (κ1) is 19.9. The molecule has 1 saturated carbocycles. The Kier molecular flexibility index (Phi) is 6.47. The number of nitrogens with one attached hydrogen (secondary N) is 1. The molecule has 2 fully saturated rings. The Hall–Kier alpha value is -2.37. The molecule has 0 radical (unpaired) electrons. The number of carbonyl (C=O) groups is 1. The number of amides is 2. The molecule has 6 heteroatoms. The Morgan fingerprint density at radius 3 is 2.72 bits per heavy atom. The molecule has 1 aromatic heterocycles. The maximum Gasteiger partial charge on any atom is 0.317 e. The van der Waals surface area contributed by atoms with Gasteiger partial charge in [-0.2, -0.15) is 4.98 Å². The molecule has 1 atom stereocenters. The van der Waals surface area contributed by atoms with Gasteiger partial charge in [-0.1, -0.05) is 55.1 Å². The van der Waals surface area contributed by atoms with Crippen molar-refractivity contribution < 1.29 is 9.32 Å². The standard InChI is InChI=1S/C23H32N4O2/c1-17-9-6-7-13-20(17)22-25-21(29-26-22)15-18-10-8-14-27(16-18)23(28)24-19-11-4-2-3-5-12-19/h6-7,9,13,18-19H,2-5,8,10-12,14-16H2,1H3,(H,24,28). The minimum atomic E-state index is 0.104. The highest BCUT2D eigenvalue weighted by molar-refractivity contribution is 5.74. The zero-order valence-electron chi connectivity index (χ0n) is 17.4. The molecule has 29 heavy (non-hydrogen) atoms. The van der Waals surface area contributed by atoms with Crippen molar-refractivity contribution in [3.05, 3.63) is 35.7 Å². The molecular formula is C23H32N4O2. The van der Waals surface area contributed by atoms with E-state index in [2.05, 4.69) is 28.4 Å². The van der Waals surface area contributed by atoms with Crippen LogP contribution in [-0.2, 0) is 6.42 Å². The lowest BCUT2D eigenvalue weighted by molar-refractivity contribution is 0.157. The van der Waals surface area contributed by atoms with Crippen molar-refractivity contribution in [2.45, 2.75) is 70.8 Å². The van der Waals surface area contributed by atoms with Crippen LogP contribution in [0.4, 0.5) is 4.79 Å². The summed E-state index contributed by atoms with van der Waals surface area (Å²) in [6.07, 6.45) is 10.1. The third kappa shape index (κ3) is 5.17. The second-order valence-electron chi connectivity index (χ2n) is 8.62. The number of aryl methyl sites for hydroxylation is 1. The number of aromatic nitrogens is 2. The zero-order chi connectivity index (χ0) is 20.1. The summed E-state index contributed by atoms with van der Waals surface area (Å²) in [5.41, 5.74) is 2.15. The number of hydrogen-bond donors (Lipinski definition) is 1. The van der Waals surface area contributed by atoms with Crippen LogP contribution in [-0.4, -0.2) is 40.2 Å². The van der Waals surface area contributed by atoms with E-state index in [9.17, 15) is 4.79 Å². The summed E-state index contributed by atoms with van der Waals surface area (Å²) in [4.78, 5) is 19.4. The second-order valence-corrected chi connectivity index (χ2v) is 8.62. The molecule has 2 heterocycles. The summed E-state index contributed by atoms with van der Waals surface area (Å²) in [6, 6.07) is 8.52. The van der Waals surface area contributed by atoms with Crippen molar-refractivity contribution in [1.29, 1.82) is 0 Å². The van der Waals surface area contributed by atoms with E-state index in [-0.39, 0.29) is 6.03 Å². The fraction of sp³-hybridized carbons (Fsp3) is 0.609. The van der Waals surface area contributed by atoms with Gasteiger partial charge in [0.1, 0.15) is 0 Å². The number of piperidine rings is 1. The van der Waals surface area contributed by atoms with Crippen LogP contribution < -0.4 is 5.32 Å². The van der Waals surface area contributed by atoms with Crippen LogP contribution in [0.15, 0.2) is 28.8 Å². The van der Waals surface area contributed by atoms with Crippen LogP contribution in [0.5, 0.6) is 0 Å². The van der Waals surface area contributed by atoms with Crippen molar-refractivity contribution in [1.82, 2.24) is 20.4 Å². The number of hydrogen-bond acceptors (Lipinski definition) is 4. The Bertz CT molecular complexity index is 811. The van der Waals surface area contributed by atoms with Crippen LogP contribution in [0, 0.1) is 12.8 Å². The SMILES string of the molecule is Cc1ccccc1-c1noc(CC2CCCN(C(=O)NC3CCCCCC3)C2)n1. The lowest BCUT2D eigenvalue weighted by Gasteiger charge is -2.33. The summed E-state index contributed by atoms with van der Waals surface area (Å²) in [5.74, 6) is 1.69. The van der Waals surface area contributed by atoms with Gasteiger partial charge in [0.15, 0.2) is 0 Å². The van der Waals surface area contributed by atoms with Crippen LogP contribution >= 0.6 is 0 Å².